The van der Waals surface area contributed by atoms with Crippen molar-refractivity contribution >= 4 is 11.8 Å². The predicted octanol–water partition coefficient (Wildman–Crippen LogP) is 4.48. The largest absolute Gasteiger partial charge is 0.497 e. The van der Waals surface area contributed by atoms with Crippen LogP contribution >= 0.6 is 0 Å². The summed E-state index contributed by atoms with van der Waals surface area (Å²) in [6, 6.07) is 10.5. The zero-order chi connectivity index (χ0) is 20.5. The predicted molar refractivity (Wildman–Crippen MR) is 109 cm³/mol. The fraction of sp³-hybridized carbons (Fsp3) is 0.273. The van der Waals surface area contributed by atoms with Gasteiger partial charge in [-0.05, 0) is 36.8 Å². The standard InChI is InChI=1S/C22H23N3O4/c1-3-4-13-28-21-14-16(10-11-19(21)20-9-6-12-23-25-20)24-22(26)29-18-8-5-7-17(15-18)27-2/h5-12,14-15,19H,3-4,13H2,1-2H3. The van der Waals surface area contributed by atoms with Crippen LogP contribution in [-0.4, -0.2) is 35.7 Å². The molecule has 7 heteroatoms. The van der Waals surface area contributed by atoms with Gasteiger partial charge in [0.15, 0.2) is 0 Å². The Morgan fingerprint density at radius 2 is 2.07 bits per heavy atom. The van der Waals surface area contributed by atoms with Crippen molar-refractivity contribution < 1.29 is 19.0 Å². The van der Waals surface area contributed by atoms with Gasteiger partial charge in [0.1, 0.15) is 17.3 Å². The molecule has 1 aliphatic carbocycles. The Morgan fingerprint density at radius 1 is 1.21 bits per heavy atom. The molecule has 0 aliphatic heterocycles. The number of hydrogen-bond acceptors (Lipinski definition) is 6. The van der Waals surface area contributed by atoms with Crippen molar-refractivity contribution in [3.05, 3.63) is 72.3 Å². The van der Waals surface area contributed by atoms with E-state index in [4.69, 9.17) is 14.2 Å². The summed E-state index contributed by atoms with van der Waals surface area (Å²) in [7, 11) is 1.55. The van der Waals surface area contributed by atoms with Crippen LogP contribution in [0.1, 0.15) is 31.4 Å². The number of unbranched alkanes of at least 4 members (excludes halogenated alkanes) is 1. The van der Waals surface area contributed by atoms with E-state index in [9.17, 15) is 4.79 Å². The molecule has 1 aromatic heterocycles. The third-order valence-electron chi connectivity index (χ3n) is 4.20. The van der Waals surface area contributed by atoms with Crippen LogP contribution in [0.3, 0.4) is 0 Å². The number of nitrogens with zero attached hydrogens (tertiary/aromatic N) is 3. The lowest BCUT2D eigenvalue weighted by Gasteiger charge is -2.20. The lowest BCUT2D eigenvalue weighted by Crippen LogP contribution is -2.14. The van der Waals surface area contributed by atoms with E-state index in [-0.39, 0.29) is 5.92 Å². The van der Waals surface area contributed by atoms with Gasteiger partial charge in [0.2, 0.25) is 0 Å². The van der Waals surface area contributed by atoms with Crippen LogP contribution in [0.2, 0.25) is 0 Å². The van der Waals surface area contributed by atoms with E-state index in [0.29, 0.717) is 29.6 Å². The van der Waals surface area contributed by atoms with Crippen molar-refractivity contribution in [3.63, 3.8) is 0 Å². The Kier molecular flexibility index (Phi) is 7.10. The number of allylic oxidation sites excluding steroid dienone is 3. The minimum absolute atomic E-state index is 0.172. The van der Waals surface area contributed by atoms with Gasteiger partial charge in [0.25, 0.3) is 0 Å². The molecular formula is C22H23N3O4. The van der Waals surface area contributed by atoms with Crippen LogP contribution in [0.25, 0.3) is 0 Å². The molecule has 0 fully saturated rings. The molecule has 7 nitrogen and oxygen atoms in total. The Bertz CT molecular complexity index is 923. The SMILES string of the molecule is CCCCOC1=CC(=NC(=O)Oc2cccc(OC)c2)C=CC1c1cccnn1. The smallest absolute Gasteiger partial charge is 0.439 e. The fourth-order valence-corrected chi connectivity index (χ4v) is 2.73. The first-order valence-electron chi connectivity index (χ1n) is 9.44. The molecular weight excluding hydrogens is 370 g/mol. The van der Waals surface area contributed by atoms with Gasteiger partial charge >= 0.3 is 6.09 Å². The van der Waals surface area contributed by atoms with Crippen LogP contribution in [0.15, 0.2) is 71.6 Å². The van der Waals surface area contributed by atoms with Gasteiger partial charge < -0.3 is 14.2 Å². The van der Waals surface area contributed by atoms with Gasteiger partial charge in [-0.15, -0.1) is 0 Å². The molecule has 1 aliphatic rings. The van der Waals surface area contributed by atoms with Gasteiger partial charge in [-0.1, -0.05) is 25.5 Å². The zero-order valence-corrected chi connectivity index (χ0v) is 16.4. The molecule has 2 aromatic rings. The van der Waals surface area contributed by atoms with E-state index in [0.717, 1.165) is 18.5 Å². The first-order valence-corrected chi connectivity index (χ1v) is 9.44. The van der Waals surface area contributed by atoms with E-state index >= 15 is 0 Å². The highest BCUT2D eigenvalue weighted by Gasteiger charge is 2.21. The van der Waals surface area contributed by atoms with Gasteiger partial charge in [-0.3, -0.25) is 0 Å². The monoisotopic (exact) mass is 393 g/mol. The maximum absolute atomic E-state index is 12.2. The van der Waals surface area contributed by atoms with E-state index in [1.807, 2.05) is 18.2 Å². The van der Waals surface area contributed by atoms with E-state index in [2.05, 4.69) is 22.1 Å². The number of aliphatic imine (C=N–C) groups is 1. The Labute approximate surface area is 169 Å². The summed E-state index contributed by atoms with van der Waals surface area (Å²) in [6.45, 7) is 2.68. The highest BCUT2D eigenvalue weighted by molar-refractivity contribution is 6.09. The summed E-state index contributed by atoms with van der Waals surface area (Å²) < 4.78 is 16.3. The van der Waals surface area contributed by atoms with Crippen molar-refractivity contribution in [1.82, 2.24) is 10.2 Å². The summed E-state index contributed by atoms with van der Waals surface area (Å²) >= 11 is 0. The summed E-state index contributed by atoms with van der Waals surface area (Å²) in [5.41, 5.74) is 1.22. The molecule has 0 saturated heterocycles. The molecule has 0 bridgehead atoms. The van der Waals surface area contributed by atoms with Crippen LogP contribution in [0, 0.1) is 0 Å². The number of benzene rings is 1. The fourth-order valence-electron chi connectivity index (χ4n) is 2.73. The Morgan fingerprint density at radius 3 is 2.83 bits per heavy atom. The van der Waals surface area contributed by atoms with Crippen molar-refractivity contribution in [3.8, 4) is 11.5 Å². The average molecular weight is 393 g/mol. The van der Waals surface area contributed by atoms with Crippen LogP contribution in [0.4, 0.5) is 4.79 Å². The van der Waals surface area contributed by atoms with Crippen LogP contribution in [-0.2, 0) is 4.74 Å². The van der Waals surface area contributed by atoms with E-state index in [1.165, 1.54) is 0 Å². The number of carbonyl (C=O) groups is 1. The molecule has 1 atom stereocenters. The first-order chi connectivity index (χ1) is 14.2. The van der Waals surface area contributed by atoms with Crippen molar-refractivity contribution in [2.45, 2.75) is 25.7 Å². The third kappa shape index (κ3) is 5.75. The molecule has 1 unspecified atom stereocenters. The van der Waals surface area contributed by atoms with Crippen molar-refractivity contribution in [2.75, 3.05) is 13.7 Å². The number of hydrogen-bond donors (Lipinski definition) is 0. The summed E-state index contributed by atoms with van der Waals surface area (Å²) in [4.78, 5) is 16.3. The molecule has 1 heterocycles. The maximum Gasteiger partial charge on any atom is 0.439 e. The quantitative estimate of drug-likeness (QED) is 0.645. The van der Waals surface area contributed by atoms with Gasteiger partial charge in [0.05, 0.1) is 31.0 Å². The Hall–Kier alpha value is -3.48. The van der Waals surface area contributed by atoms with Gasteiger partial charge in [-0.2, -0.15) is 15.2 Å². The Balaban J connectivity index is 1.76. The second-order valence-electron chi connectivity index (χ2n) is 6.32. The van der Waals surface area contributed by atoms with Crippen LogP contribution < -0.4 is 9.47 Å². The highest BCUT2D eigenvalue weighted by atomic mass is 16.5. The molecule has 29 heavy (non-hydrogen) atoms. The molecule has 0 saturated carbocycles. The summed E-state index contributed by atoms with van der Waals surface area (Å²) in [6.07, 6.45) is 8.23. The molecule has 150 valence electrons. The first kappa shape index (κ1) is 20.3. The normalized spacial score (nSPS) is 17.0. The lowest BCUT2D eigenvalue weighted by atomic mass is 9.96. The number of aromatic nitrogens is 2. The molecule has 0 N–H and O–H groups in total. The second kappa shape index (κ2) is 10.2. The highest BCUT2D eigenvalue weighted by Crippen LogP contribution is 2.28. The minimum atomic E-state index is -0.722. The minimum Gasteiger partial charge on any atom is -0.497 e. The van der Waals surface area contributed by atoms with Crippen LogP contribution in [0.5, 0.6) is 11.5 Å². The number of ether oxygens (including phenoxy) is 3. The number of methoxy groups -OCH3 is 1. The summed E-state index contributed by atoms with van der Waals surface area (Å²) in [5, 5.41) is 8.11. The average Bonchev–Trinajstić information content (AvgIpc) is 2.75. The van der Waals surface area contributed by atoms with E-state index in [1.54, 1.807) is 49.7 Å². The topological polar surface area (TPSA) is 82.9 Å². The second-order valence-corrected chi connectivity index (χ2v) is 6.32. The molecule has 1 aromatic carbocycles. The van der Waals surface area contributed by atoms with Gasteiger partial charge in [0, 0.05) is 18.3 Å². The number of amides is 1. The third-order valence-corrected chi connectivity index (χ3v) is 4.20. The maximum atomic E-state index is 12.2. The zero-order valence-electron chi connectivity index (χ0n) is 16.4. The van der Waals surface area contributed by atoms with Crippen molar-refractivity contribution in [2.24, 2.45) is 4.99 Å². The lowest BCUT2D eigenvalue weighted by molar-refractivity contribution is 0.195. The van der Waals surface area contributed by atoms with Gasteiger partial charge in [-0.25, -0.2) is 4.79 Å². The van der Waals surface area contributed by atoms with E-state index < -0.39 is 6.09 Å². The number of carbonyl (C=O) groups excluding carboxylic acids is 1. The molecule has 3 rings (SSSR count). The molecule has 0 spiro atoms. The molecule has 1 amide bonds. The summed E-state index contributed by atoms with van der Waals surface area (Å²) in [5.74, 6) is 1.46. The molecule has 0 radical (unpaired) electrons. The number of rotatable bonds is 7. The van der Waals surface area contributed by atoms with Crippen molar-refractivity contribution in [1.29, 1.82) is 0 Å².